The van der Waals surface area contributed by atoms with E-state index in [2.05, 4.69) is 0 Å². The second-order valence-corrected chi connectivity index (χ2v) is 29.7. The van der Waals surface area contributed by atoms with Crippen molar-refractivity contribution in [3.8, 4) is 0 Å². The molecule has 0 bridgehead atoms. The van der Waals surface area contributed by atoms with Crippen molar-refractivity contribution in [1.82, 2.24) is 0 Å². The fraction of sp³-hybridized carbons (Fsp3) is 0. The van der Waals surface area contributed by atoms with Crippen LogP contribution in [0.2, 0.25) is 0 Å². The Kier molecular flexibility index (Phi) is 4.34. The molecule has 0 nitrogen and oxygen atoms in total. The van der Waals surface area contributed by atoms with Gasteiger partial charge in [0.25, 0.3) is 0 Å². The molecule has 0 radical (unpaired) electrons. The summed E-state index contributed by atoms with van der Waals surface area (Å²) in [5.41, 5.74) is 0. The second kappa shape index (κ2) is 6.14. The Bertz CT molecular complexity index is 1120. The Morgan fingerprint density at radius 1 is 0.387 bits per heavy atom. The molecule has 0 saturated carbocycles. The molecule has 4 rings (SSSR count). The molecular weight excluding hydrogens is 611 g/mol. The van der Waals surface area contributed by atoms with Gasteiger partial charge in [-0.1, -0.05) is 0 Å². The maximum atomic E-state index is 16.8. The van der Waals surface area contributed by atoms with Gasteiger partial charge in [-0.05, 0) is 0 Å². The normalized spacial score (nSPS) is 16.4. The molecule has 0 N–H and O–H groups in total. The van der Waals surface area contributed by atoms with Gasteiger partial charge in [0, 0.05) is 0 Å². The Hall–Kier alpha value is -2.30. The number of halogens is 5. The third-order valence-corrected chi connectivity index (χ3v) is 31.9. The van der Waals surface area contributed by atoms with E-state index in [1.165, 1.54) is 97.1 Å². The van der Waals surface area contributed by atoms with E-state index >= 15 is 15.1 Å². The molecule has 168 valence electrons. The van der Waals surface area contributed by atoms with Gasteiger partial charge in [-0.2, -0.15) is 0 Å². The van der Waals surface area contributed by atoms with Crippen LogP contribution in [0.5, 0.6) is 0 Å². The van der Waals surface area contributed by atoms with Gasteiger partial charge in [-0.25, -0.2) is 0 Å². The first-order valence-electron chi connectivity index (χ1n) is 9.26. The summed E-state index contributed by atoms with van der Waals surface area (Å²) < 4.78 is 82.3. The third kappa shape index (κ3) is 3.03. The van der Waals surface area contributed by atoms with Gasteiger partial charge in [0.15, 0.2) is 0 Å². The molecule has 0 heterocycles. The van der Waals surface area contributed by atoms with E-state index in [9.17, 15) is 0 Å². The van der Waals surface area contributed by atoms with Crippen molar-refractivity contribution in [3.05, 3.63) is 121 Å². The standard InChI is InChI=1S/C18H15P.C6H5.Au.5FH/c1-4-10-16(11-5-1)19(17-12-6-2-7-13-17)18-14-8-3-9-15-18;1-2-4-6-5-3-1;;;;;;/h1-15H;1-5H;;5*1H/q;;+4;;;;;/p-4. The van der Waals surface area contributed by atoms with Crippen LogP contribution >= 0.6 is 5.15 Å². The maximum absolute atomic E-state index is 16.8. The van der Waals surface area contributed by atoms with Gasteiger partial charge in [-0.15, -0.1) is 0 Å². The van der Waals surface area contributed by atoms with Crippen LogP contribution in [-0.4, -0.2) is 0 Å². The van der Waals surface area contributed by atoms with E-state index < -0.39 is 24.3 Å². The predicted molar refractivity (Wildman–Crippen MR) is 118 cm³/mol. The number of hydrogen-bond acceptors (Lipinski definition) is 0. The zero-order valence-electron chi connectivity index (χ0n) is 16.2. The van der Waals surface area contributed by atoms with Crippen molar-refractivity contribution in [2.45, 2.75) is 0 Å². The summed E-state index contributed by atoms with van der Waals surface area (Å²) >= 11 is -12.0. The first-order chi connectivity index (χ1) is 14.4. The number of rotatable bonds is 5. The van der Waals surface area contributed by atoms with Crippen LogP contribution in [0, 0.1) is 0 Å². The monoisotopic (exact) mass is 632 g/mol. The molecule has 0 aromatic heterocycles. The molecule has 0 aliphatic carbocycles. The van der Waals surface area contributed by atoms with Crippen molar-refractivity contribution in [2.75, 3.05) is 0 Å². The fourth-order valence-electron chi connectivity index (χ4n) is 3.86. The van der Waals surface area contributed by atoms with Crippen molar-refractivity contribution in [3.63, 3.8) is 0 Å². The van der Waals surface area contributed by atoms with Gasteiger partial charge < -0.3 is 0 Å². The van der Waals surface area contributed by atoms with E-state index in [1.54, 1.807) is 0 Å². The average molecular weight is 632 g/mol. The van der Waals surface area contributed by atoms with Crippen molar-refractivity contribution >= 4 is 24.8 Å². The molecule has 4 aromatic carbocycles. The van der Waals surface area contributed by atoms with Crippen molar-refractivity contribution in [1.29, 1.82) is 0 Å². The van der Waals surface area contributed by atoms with Gasteiger partial charge >= 0.3 is 177 Å². The zero-order valence-corrected chi connectivity index (χ0v) is 19.4. The molecule has 0 saturated heterocycles. The summed E-state index contributed by atoms with van der Waals surface area (Å²) in [7, 11) is 0. The molecule has 0 amide bonds. The summed E-state index contributed by atoms with van der Waals surface area (Å²) in [4.78, 5) is 0. The number of benzene rings is 4. The van der Waals surface area contributed by atoms with Crippen LogP contribution in [0.15, 0.2) is 121 Å². The molecular formula is C24H21AuF5P. The fourth-order valence-corrected chi connectivity index (χ4v) is 30.7. The first kappa shape index (κ1) is 21.9. The van der Waals surface area contributed by atoms with E-state index in [-0.39, 0.29) is 15.9 Å². The van der Waals surface area contributed by atoms with Gasteiger partial charge in [0.1, 0.15) is 0 Å². The van der Waals surface area contributed by atoms with Crippen LogP contribution < -0.4 is 19.7 Å². The van der Waals surface area contributed by atoms with Crippen molar-refractivity contribution < 1.29 is 30.5 Å². The van der Waals surface area contributed by atoms with Crippen LogP contribution in [0.1, 0.15) is 0 Å². The van der Waals surface area contributed by atoms with E-state index in [0.717, 1.165) is 12.1 Å². The molecule has 0 aliphatic rings. The van der Waals surface area contributed by atoms with E-state index in [4.69, 9.17) is 0 Å². The molecule has 0 unspecified atom stereocenters. The quantitative estimate of drug-likeness (QED) is 0.141. The third-order valence-electron chi connectivity index (χ3n) is 5.11. The zero-order chi connectivity index (χ0) is 22.3. The van der Waals surface area contributed by atoms with Crippen LogP contribution in [0.25, 0.3) is 0 Å². The van der Waals surface area contributed by atoms with Crippen LogP contribution in [-0.2, 0) is 15.4 Å². The molecule has 0 spiro atoms. The minimum absolute atomic E-state index is 0.388. The molecule has 31 heavy (non-hydrogen) atoms. The Morgan fingerprint density at radius 3 is 0.935 bits per heavy atom. The van der Waals surface area contributed by atoms with Gasteiger partial charge in [0.2, 0.25) is 0 Å². The summed E-state index contributed by atoms with van der Waals surface area (Å²) in [5.74, 6) is 0. The van der Waals surface area contributed by atoms with Crippen LogP contribution in [0.3, 0.4) is 0 Å². The summed E-state index contributed by atoms with van der Waals surface area (Å²) in [6.07, 6.45) is 0. The molecule has 0 fully saturated rings. The summed E-state index contributed by atoms with van der Waals surface area (Å²) in [6, 6.07) is 24.5. The Morgan fingerprint density at radius 2 is 0.645 bits per heavy atom. The Labute approximate surface area is 176 Å². The van der Waals surface area contributed by atoms with Crippen molar-refractivity contribution in [2.24, 2.45) is 0 Å². The van der Waals surface area contributed by atoms with E-state index in [1.807, 2.05) is 0 Å². The minimum atomic E-state index is -12.0. The molecule has 4 aromatic rings. The average Bonchev–Trinajstić information content (AvgIpc) is 2.76. The second-order valence-electron chi connectivity index (χ2n) is 7.03. The Balaban J connectivity index is 2.36. The van der Waals surface area contributed by atoms with Gasteiger partial charge in [-0.3, -0.25) is 0 Å². The molecule has 0 atom stereocenters. The number of hydrogen-bond donors (Lipinski definition) is 0. The topological polar surface area (TPSA) is 0 Å². The van der Waals surface area contributed by atoms with E-state index in [0.29, 0.717) is 12.1 Å². The summed E-state index contributed by atoms with van der Waals surface area (Å²) in [5, 5.41) is -7.09. The van der Waals surface area contributed by atoms with Crippen LogP contribution in [0.4, 0.5) is 15.1 Å². The predicted octanol–water partition coefficient (Wildman–Crippen LogP) is 6.14. The van der Waals surface area contributed by atoms with Gasteiger partial charge in [0.05, 0.1) is 0 Å². The summed E-state index contributed by atoms with van der Waals surface area (Å²) in [6.45, 7) is 0. The first-order valence-corrected chi connectivity index (χ1v) is 19.5. The molecule has 7 heteroatoms. The SMILES string of the molecule is [F][Au]([F])([F])([F])([F])([c]1ccccc1)[PH](c1ccccc1)(c1ccccc1)c1ccccc1. The molecule has 0 aliphatic heterocycles.